The minimum Gasteiger partial charge on any atom is -0.484 e. The Kier molecular flexibility index (Phi) is 4.82. The molecule has 0 bridgehead atoms. The van der Waals surface area contributed by atoms with Gasteiger partial charge in [0.15, 0.2) is 16.4 Å². The van der Waals surface area contributed by atoms with Crippen molar-refractivity contribution in [3.8, 4) is 5.75 Å². The fourth-order valence-electron chi connectivity index (χ4n) is 2.42. The summed E-state index contributed by atoms with van der Waals surface area (Å²) in [6.45, 7) is 2.06. The predicted molar refractivity (Wildman–Crippen MR) is 76.3 cm³/mol. The number of amides is 1. The summed E-state index contributed by atoms with van der Waals surface area (Å²) in [5.41, 5.74) is 0. The highest BCUT2D eigenvalue weighted by Gasteiger charge is 2.33. The first-order chi connectivity index (χ1) is 9.91. The van der Waals surface area contributed by atoms with E-state index in [0.717, 1.165) is 0 Å². The topological polar surface area (TPSA) is 63.7 Å². The molecule has 0 aliphatic carbocycles. The van der Waals surface area contributed by atoms with E-state index >= 15 is 0 Å². The lowest BCUT2D eigenvalue weighted by molar-refractivity contribution is -0.135. The lowest BCUT2D eigenvalue weighted by Gasteiger charge is -2.26. The Bertz CT molecular complexity index is 600. The maximum Gasteiger partial charge on any atom is 0.260 e. The minimum absolute atomic E-state index is 0.0170. The van der Waals surface area contributed by atoms with Gasteiger partial charge in [-0.05, 0) is 37.6 Å². The van der Waals surface area contributed by atoms with Crippen LogP contribution in [0.4, 0.5) is 4.39 Å². The van der Waals surface area contributed by atoms with Crippen molar-refractivity contribution in [3.63, 3.8) is 0 Å². The molecule has 0 radical (unpaired) electrons. The van der Waals surface area contributed by atoms with Gasteiger partial charge in [0, 0.05) is 12.6 Å². The number of carbonyl (C=O) groups is 1. The lowest BCUT2D eigenvalue weighted by atomic mass is 10.2. The number of sulfone groups is 1. The molecule has 5 nitrogen and oxygen atoms in total. The van der Waals surface area contributed by atoms with Crippen molar-refractivity contribution in [1.29, 1.82) is 0 Å². The molecular weight excluding hydrogens is 297 g/mol. The number of hydrogen-bond donors (Lipinski definition) is 0. The summed E-state index contributed by atoms with van der Waals surface area (Å²) < 4.78 is 41.0. The molecule has 1 aromatic carbocycles. The van der Waals surface area contributed by atoms with Crippen molar-refractivity contribution >= 4 is 15.7 Å². The molecule has 1 heterocycles. The van der Waals surface area contributed by atoms with E-state index in [-0.39, 0.29) is 35.9 Å². The summed E-state index contributed by atoms with van der Waals surface area (Å²) in [5.74, 6) is -0.0903. The van der Waals surface area contributed by atoms with Crippen LogP contribution >= 0.6 is 0 Å². The third-order valence-corrected chi connectivity index (χ3v) is 5.24. The highest BCUT2D eigenvalue weighted by Crippen LogP contribution is 2.18. The maximum absolute atomic E-state index is 12.8. The highest BCUT2D eigenvalue weighted by molar-refractivity contribution is 7.91. The molecule has 1 aliphatic rings. The summed E-state index contributed by atoms with van der Waals surface area (Å²) >= 11 is 0. The maximum atomic E-state index is 12.8. The van der Waals surface area contributed by atoms with Gasteiger partial charge in [-0.25, -0.2) is 12.8 Å². The molecule has 0 unspecified atom stereocenters. The molecule has 1 amide bonds. The van der Waals surface area contributed by atoms with E-state index in [1.54, 1.807) is 6.92 Å². The van der Waals surface area contributed by atoms with Crippen LogP contribution in [0.1, 0.15) is 13.3 Å². The van der Waals surface area contributed by atoms with E-state index in [4.69, 9.17) is 4.74 Å². The van der Waals surface area contributed by atoms with Crippen molar-refractivity contribution < 1.29 is 22.3 Å². The molecule has 1 fully saturated rings. The number of nitrogens with zero attached hydrogens (tertiary/aromatic N) is 1. The van der Waals surface area contributed by atoms with Crippen LogP contribution in [-0.2, 0) is 14.6 Å². The fourth-order valence-corrected chi connectivity index (χ4v) is 4.15. The number of hydrogen-bond acceptors (Lipinski definition) is 4. The summed E-state index contributed by atoms with van der Waals surface area (Å²) in [6.07, 6.45) is 0.471. The zero-order valence-corrected chi connectivity index (χ0v) is 12.6. The molecule has 2 rings (SSSR count). The summed E-state index contributed by atoms with van der Waals surface area (Å²) in [4.78, 5) is 13.7. The minimum atomic E-state index is -3.03. The number of benzene rings is 1. The second-order valence-electron chi connectivity index (χ2n) is 4.98. The van der Waals surface area contributed by atoms with Gasteiger partial charge >= 0.3 is 0 Å². The average Bonchev–Trinajstić information content (AvgIpc) is 2.79. The second kappa shape index (κ2) is 6.43. The van der Waals surface area contributed by atoms with E-state index < -0.39 is 9.84 Å². The first-order valence-electron chi connectivity index (χ1n) is 6.79. The van der Waals surface area contributed by atoms with Gasteiger partial charge in [0.05, 0.1) is 11.5 Å². The van der Waals surface area contributed by atoms with Crippen LogP contribution in [0.5, 0.6) is 5.75 Å². The van der Waals surface area contributed by atoms with Gasteiger partial charge < -0.3 is 9.64 Å². The molecule has 1 aromatic rings. The monoisotopic (exact) mass is 315 g/mol. The third-order valence-electron chi connectivity index (χ3n) is 3.49. The molecule has 7 heteroatoms. The highest BCUT2D eigenvalue weighted by atomic mass is 32.2. The van der Waals surface area contributed by atoms with Gasteiger partial charge in [0.2, 0.25) is 0 Å². The average molecular weight is 315 g/mol. The van der Waals surface area contributed by atoms with Crippen molar-refractivity contribution in [1.82, 2.24) is 4.90 Å². The van der Waals surface area contributed by atoms with Gasteiger partial charge in [0.1, 0.15) is 11.6 Å². The summed E-state index contributed by atoms with van der Waals surface area (Å²) in [5, 5.41) is 0. The number of rotatable bonds is 5. The predicted octanol–water partition coefficient (Wildman–Crippen LogP) is 1.24. The molecular formula is C14H18FNO4S. The van der Waals surface area contributed by atoms with Crippen LogP contribution in [0.3, 0.4) is 0 Å². The SMILES string of the molecule is CCN(C(=O)COc1ccc(F)cc1)[C@H]1CCS(=O)(=O)C1. The van der Waals surface area contributed by atoms with E-state index in [0.29, 0.717) is 18.7 Å². The molecule has 116 valence electrons. The Hall–Kier alpha value is -1.63. The molecule has 1 atom stereocenters. The normalized spacial score (nSPS) is 20.2. The van der Waals surface area contributed by atoms with Gasteiger partial charge in [-0.1, -0.05) is 0 Å². The van der Waals surface area contributed by atoms with Crippen LogP contribution in [0.15, 0.2) is 24.3 Å². The Labute approximate surface area is 123 Å². The van der Waals surface area contributed by atoms with Crippen molar-refractivity contribution in [2.24, 2.45) is 0 Å². The molecule has 0 aromatic heterocycles. The van der Waals surface area contributed by atoms with Crippen molar-refractivity contribution in [2.45, 2.75) is 19.4 Å². The van der Waals surface area contributed by atoms with Crippen molar-refractivity contribution in [2.75, 3.05) is 24.7 Å². The van der Waals surface area contributed by atoms with Crippen LogP contribution in [0.2, 0.25) is 0 Å². The fraction of sp³-hybridized carbons (Fsp3) is 0.500. The molecule has 0 N–H and O–H groups in total. The Balaban J connectivity index is 1.93. The molecule has 0 spiro atoms. The largest absolute Gasteiger partial charge is 0.484 e. The Morgan fingerprint density at radius 2 is 2.05 bits per heavy atom. The molecule has 21 heavy (non-hydrogen) atoms. The Morgan fingerprint density at radius 1 is 1.38 bits per heavy atom. The van der Waals surface area contributed by atoms with Gasteiger partial charge in [-0.3, -0.25) is 4.79 Å². The summed E-state index contributed by atoms with van der Waals surface area (Å²) in [7, 11) is -3.03. The van der Waals surface area contributed by atoms with Crippen LogP contribution in [0, 0.1) is 5.82 Å². The number of carbonyl (C=O) groups excluding carboxylic acids is 1. The van der Waals surface area contributed by atoms with E-state index in [2.05, 4.69) is 0 Å². The van der Waals surface area contributed by atoms with Gasteiger partial charge in [0.25, 0.3) is 5.91 Å². The first kappa shape index (κ1) is 15.8. The van der Waals surface area contributed by atoms with Gasteiger partial charge in [-0.15, -0.1) is 0 Å². The molecule has 0 saturated carbocycles. The standard InChI is InChI=1S/C14H18FNO4S/c1-2-16(12-7-8-21(18,19)10-12)14(17)9-20-13-5-3-11(15)4-6-13/h3-6,12H,2,7-10H2,1H3/t12-/m0/s1. The van der Waals surface area contributed by atoms with E-state index in [9.17, 15) is 17.6 Å². The zero-order chi connectivity index (χ0) is 15.5. The molecule has 1 aliphatic heterocycles. The number of ether oxygens (including phenoxy) is 1. The molecule has 1 saturated heterocycles. The lowest BCUT2D eigenvalue weighted by Crippen LogP contribution is -2.43. The first-order valence-corrected chi connectivity index (χ1v) is 8.61. The Morgan fingerprint density at radius 3 is 2.57 bits per heavy atom. The number of halogens is 1. The van der Waals surface area contributed by atoms with Crippen LogP contribution in [-0.4, -0.2) is 49.9 Å². The van der Waals surface area contributed by atoms with E-state index in [1.165, 1.54) is 29.2 Å². The summed E-state index contributed by atoms with van der Waals surface area (Å²) in [6, 6.07) is 5.11. The van der Waals surface area contributed by atoms with Crippen LogP contribution < -0.4 is 4.74 Å². The van der Waals surface area contributed by atoms with Crippen molar-refractivity contribution in [3.05, 3.63) is 30.1 Å². The van der Waals surface area contributed by atoms with E-state index in [1.807, 2.05) is 0 Å². The third kappa shape index (κ3) is 4.17. The quantitative estimate of drug-likeness (QED) is 0.820. The zero-order valence-electron chi connectivity index (χ0n) is 11.8. The number of likely N-dealkylation sites (N-methyl/N-ethyl adjacent to an activating group) is 1. The van der Waals surface area contributed by atoms with Crippen LogP contribution in [0.25, 0.3) is 0 Å². The van der Waals surface area contributed by atoms with Gasteiger partial charge in [-0.2, -0.15) is 0 Å². The second-order valence-corrected chi connectivity index (χ2v) is 7.21. The smallest absolute Gasteiger partial charge is 0.260 e.